The van der Waals surface area contributed by atoms with Crippen LogP contribution in [0.1, 0.15) is 36.9 Å². The van der Waals surface area contributed by atoms with Crippen LogP contribution in [-0.4, -0.2) is 23.4 Å². The third-order valence-electron chi connectivity index (χ3n) is 3.45. The van der Waals surface area contributed by atoms with Crippen LogP contribution in [0, 0.1) is 12.8 Å². The van der Waals surface area contributed by atoms with Crippen LogP contribution < -0.4 is 10.1 Å². The van der Waals surface area contributed by atoms with Crippen LogP contribution in [0.2, 0.25) is 0 Å². The quantitative estimate of drug-likeness (QED) is 0.737. The maximum absolute atomic E-state index is 5.36. The van der Waals surface area contributed by atoms with Gasteiger partial charge in [-0.05, 0) is 32.2 Å². The molecule has 1 saturated carbocycles. The molecule has 0 bridgehead atoms. The minimum Gasteiger partial charge on any atom is -0.481 e. The monoisotopic (exact) mass is 237 g/mol. The fraction of sp³-hybridized carbons (Fsp3) is 0.769. The van der Waals surface area contributed by atoms with E-state index in [2.05, 4.69) is 10.4 Å². The minimum absolute atomic E-state index is 0.855. The van der Waals surface area contributed by atoms with Crippen molar-refractivity contribution in [1.29, 1.82) is 0 Å². The topological polar surface area (TPSA) is 39.1 Å². The van der Waals surface area contributed by atoms with E-state index in [1.165, 1.54) is 31.2 Å². The lowest BCUT2D eigenvalue weighted by Crippen LogP contribution is -2.15. The van der Waals surface area contributed by atoms with E-state index in [-0.39, 0.29) is 0 Å². The maximum Gasteiger partial charge on any atom is 0.216 e. The molecule has 17 heavy (non-hydrogen) atoms. The van der Waals surface area contributed by atoms with E-state index >= 15 is 0 Å². The molecule has 0 atom stereocenters. The van der Waals surface area contributed by atoms with Gasteiger partial charge in [0.05, 0.1) is 18.4 Å². The number of aromatic nitrogens is 2. The summed E-state index contributed by atoms with van der Waals surface area (Å²) in [5, 5.41) is 7.85. The third-order valence-corrected chi connectivity index (χ3v) is 3.45. The van der Waals surface area contributed by atoms with Gasteiger partial charge in [-0.2, -0.15) is 5.10 Å². The first-order valence-electron chi connectivity index (χ1n) is 6.49. The summed E-state index contributed by atoms with van der Waals surface area (Å²) in [6.07, 6.45) is 5.58. The molecular formula is C13H23N3O. The van der Waals surface area contributed by atoms with Crippen molar-refractivity contribution in [2.24, 2.45) is 13.0 Å². The summed E-state index contributed by atoms with van der Waals surface area (Å²) in [5.74, 6) is 1.91. The second kappa shape index (κ2) is 5.54. The van der Waals surface area contributed by atoms with Crippen LogP contribution in [0.15, 0.2) is 0 Å². The Morgan fingerprint density at radius 3 is 2.88 bits per heavy atom. The molecule has 4 heteroatoms. The predicted octanol–water partition coefficient (Wildman–Crippen LogP) is 2.02. The molecule has 1 aliphatic carbocycles. The average molecular weight is 237 g/mol. The summed E-state index contributed by atoms with van der Waals surface area (Å²) >= 11 is 0. The number of rotatable bonds is 7. The van der Waals surface area contributed by atoms with Crippen LogP contribution in [0.25, 0.3) is 0 Å². The Morgan fingerprint density at radius 1 is 1.47 bits per heavy atom. The molecule has 0 aliphatic heterocycles. The van der Waals surface area contributed by atoms with Crippen molar-refractivity contribution in [3.8, 4) is 5.88 Å². The first-order valence-corrected chi connectivity index (χ1v) is 6.49. The fourth-order valence-electron chi connectivity index (χ4n) is 2.28. The van der Waals surface area contributed by atoms with Crippen molar-refractivity contribution in [2.75, 3.05) is 13.7 Å². The molecule has 1 heterocycles. The number of aryl methyl sites for hydroxylation is 2. The van der Waals surface area contributed by atoms with Crippen molar-refractivity contribution >= 4 is 0 Å². The van der Waals surface area contributed by atoms with Crippen LogP contribution in [-0.2, 0) is 13.6 Å². The van der Waals surface area contributed by atoms with Crippen molar-refractivity contribution in [1.82, 2.24) is 15.1 Å². The Morgan fingerprint density at radius 2 is 2.24 bits per heavy atom. The lowest BCUT2D eigenvalue weighted by atomic mass is 10.2. The normalized spacial score (nSPS) is 15.2. The first-order chi connectivity index (χ1) is 8.22. The smallest absolute Gasteiger partial charge is 0.216 e. The van der Waals surface area contributed by atoms with Gasteiger partial charge in [-0.15, -0.1) is 0 Å². The average Bonchev–Trinajstić information content (AvgIpc) is 3.06. The number of hydrogen-bond donors (Lipinski definition) is 1. The zero-order valence-corrected chi connectivity index (χ0v) is 11.1. The number of nitrogens with one attached hydrogen (secondary N) is 1. The second-order valence-corrected chi connectivity index (χ2v) is 4.96. The van der Waals surface area contributed by atoms with Gasteiger partial charge in [-0.1, -0.05) is 12.8 Å². The molecule has 1 aliphatic rings. The lowest BCUT2D eigenvalue weighted by Gasteiger charge is -2.06. The molecule has 1 N–H and O–H groups in total. The first kappa shape index (κ1) is 12.4. The zero-order valence-electron chi connectivity index (χ0n) is 11.1. The molecule has 0 spiro atoms. The molecule has 0 saturated heterocycles. The van der Waals surface area contributed by atoms with Crippen LogP contribution in [0.3, 0.4) is 0 Å². The predicted molar refractivity (Wildman–Crippen MR) is 68.2 cm³/mol. The van der Waals surface area contributed by atoms with E-state index in [0.717, 1.165) is 30.6 Å². The number of hydrogen-bond acceptors (Lipinski definition) is 3. The van der Waals surface area contributed by atoms with E-state index in [0.29, 0.717) is 0 Å². The van der Waals surface area contributed by atoms with Crippen molar-refractivity contribution in [2.45, 2.75) is 39.2 Å². The van der Waals surface area contributed by atoms with Crippen LogP contribution >= 0.6 is 0 Å². The summed E-state index contributed by atoms with van der Waals surface area (Å²) in [6, 6.07) is 0. The minimum atomic E-state index is 0.855. The largest absolute Gasteiger partial charge is 0.481 e. The summed E-state index contributed by atoms with van der Waals surface area (Å²) < 4.78 is 7.16. The molecule has 96 valence electrons. The highest BCUT2D eigenvalue weighted by atomic mass is 16.5. The van der Waals surface area contributed by atoms with Gasteiger partial charge in [0.2, 0.25) is 5.88 Å². The molecule has 0 unspecified atom stereocenters. The Balaban J connectivity index is 1.76. The summed E-state index contributed by atoms with van der Waals surface area (Å²) in [4.78, 5) is 0. The van der Waals surface area contributed by atoms with E-state index in [1.807, 2.05) is 14.0 Å². The van der Waals surface area contributed by atoms with Crippen molar-refractivity contribution < 1.29 is 4.74 Å². The van der Waals surface area contributed by atoms with E-state index in [9.17, 15) is 0 Å². The van der Waals surface area contributed by atoms with E-state index in [4.69, 9.17) is 4.74 Å². The number of ether oxygens (including phenoxy) is 1. The lowest BCUT2D eigenvalue weighted by molar-refractivity contribution is 0.368. The standard InChI is InChI=1S/C13H23N3O/c1-10-12(13(17-3)16(2)15-10)9-14-8-4-5-11-6-7-11/h11,14H,4-9H2,1-3H3. The Kier molecular flexibility index (Phi) is 4.05. The van der Waals surface area contributed by atoms with Gasteiger partial charge < -0.3 is 10.1 Å². The molecule has 0 amide bonds. The van der Waals surface area contributed by atoms with Crippen LogP contribution in [0.4, 0.5) is 0 Å². The van der Waals surface area contributed by atoms with Gasteiger partial charge in [0.1, 0.15) is 0 Å². The fourth-order valence-corrected chi connectivity index (χ4v) is 2.28. The van der Waals surface area contributed by atoms with Crippen molar-refractivity contribution in [3.63, 3.8) is 0 Å². The summed E-state index contributed by atoms with van der Waals surface area (Å²) in [5.41, 5.74) is 2.24. The SMILES string of the molecule is COc1c(CNCCCC2CC2)c(C)nn1C. The van der Waals surface area contributed by atoms with Gasteiger partial charge in [0.15, 0.2) is 0 Å². The Bertz CT molecular complexity index is 369. The molecule has 2 rings (SSSR count). The van der Waals surface area contributed by atoms with E-state index < -0.39 is 0 Å². The molecule has 1 aromatic heterocycles. The third kappa shape index (κ3) is 3.22. The Hall–Kier alpha value is -1.03. The zero-order chi connectivity index (χ0) is 12.3. The summed E-state index contributed by atoms with van der Waals surface area (Å²) in [7, 11) is 3.62. The molecule has 0 aromatic carbocycles. The highest BCUT2D eigenvalue weighted by Gasteiger charge is 2.20. The van der Waals surface area contributed by atoms with Gasteiger partial charge in [-0.25, -0.2) is 4.68 Å². The Labute approximate surface area is 103 Å². The number of methoxy groups -OCH3 is 1. The molecule has 1 fully saturated rings. The van der Waals surface area contributed by atoms with Gasteiger partial charge in [0.25, 0.3) is 0 Å². The van der Waals surface area contributed by atoms with Crippen molar-refractivity contribution in [3.05, 3.63) is 11.3 Å². The van der Waals surface area contributed by atoms with Gasteiger partial charge >= 0.3 is 0 Å². The molecule has 4 nitrogen and oxygen atoms in total. The highest BCUT2D eigenvalue weighted by molar-refractivity contribution is 5.30. The maximum atomic E-state index is 5.36. The molecule has 1 aromatic rings. The van der Waals surface area contributed by atoms with Gasteiger partial charge in [-0.3, -0.25) is 0 Å². The van der Waals surface area contributed by atoms with Gasteiger partial charge in [0, 0.05) is 13.6 Å². The summed E-state index contributed by atoms with van der Waals surface area (Å²) in [6.45, 7) is 3.98. The number of nitrogens with zero attached hydrogens (tertiary/aromatic N) is 2. The second-order valence-electron chi connectivity index (χ2n) is 4.96. The molecule has 0 radical (unpaired) electrons. The van der Waals surface area contributed by atoms with E-state index in [1.54, 1.807) is 11.8 Å². The highest BCUT2D eigenvalue weighted by Crippen LogP contribution is 2.33. The van der Waals surface area contributed by atoms with Crippen LogP contribution in [0.5, 0.6) is 5.88 Å². The molecular weight excluding hydrogens is 214 g/mol.